The molecule has 1 heterocycles. The molecule has 0 fully saturated rings. The molecule has 0 aliphatic carbocycles. The van der Waals surface area contributed by atoms with Crippen molar-refractivity contribution < 1.29 is 9.47 Å². The Balaban J connectivity index is 1.97. The average Bonchev–Trinajstić information content (AvgIpc) is 3.22. The number of halogens is 3. The SMILES string of the molecule is C=C(Nc1c(Cl)c(OC)c(Cl)c(OC)c1Cl)c1csc(C(C)Nc2ccccc2)c1/N=C\C. The Labute approximate surface area is 213 Å². The van der Waals surface area contributed by atoms with Crippen molar-refractivity contribution in [3.8, 4) is 11.5 Å². The van der Waals surface area contributed by atoms with Gasteiger partial charge >= 0.3 is 0 Å². The minimum absolute atomic E-state index is 0.0283. The van der Waals surface area contributed by atoms with E-state index in [1.807, 2.05) is 42.6 Å². The molecule has 5 nitrogen and oxygen atoms in total. The largest absolute Gasteiger partial charge is 0.493 e. The number of nitrogens with one attached hydrogen (secondary N) is 2. The van der Waals surface area contributed by atoms with E-state index in [1.54, 1.807) is 17.6 Å². The van der Waals surface area contributed by atoms with Crippen molar-refractivity contribution in [3.63, 3.8) is 0 Å². The highest BCUT2D eigenvalue weighted by molar-refractivity contribution is 7.11. The summed E-state index contributed by atoms with van der Waals surface area (Å²) < 4.78 is 10.7. The van der Waals surface area contributed by atoms with E-state index >= 15 is 0 Å². The third-order valence-corrected chi connectivity index (χ3v) is 7.07. The molecule has 1 atom stereocenters. The van der Waals surface area contributed by atoms with Crippen LogP contribution in [-0.4, -0.2) is 20.4 Å². The third kappa shape index (κ3) is 5.25. The summed E-state index contributed by atoms with van der Waals surface area (Å²) in [5.41, 5.74) is 3.63. The van der Waals surface area contributed by atoms with Crippen LogP contribution in [0.3, 0.4) is 0 Å². The Morgan fingerprint density at radius 3 is 2.21 bits per heavy atom. The van der Waals surface area contributed by atoms with Gasteiger partial charge in [-0.2, -0.15) is 0 Å². The molecular formula is C24H24Cl3N3O2S. The van der Waals surface area contributed by atoms with E-state index in [1.165, 1.54) is 14.2 Å². The van der Waals surface area contributed by atoms with E-state index in [9.17, 15) is 0 Å². The zero-order valence-corrected chi connectivity index (χ0v) is 21.7. The monoisotopic (exact) mass is 523 g/mol. The lowest BCUT2D eigenvalue weighted by Crippen LogP contribution is -2.05. The Hall–Kier alpha value is -2.38. The molecule has 0 aliphatic rings. The number of hydrogen-bond donors (Lipinski definition) is 2. The first-order valence-corrected chi connectivity index (χ1v) is 12.0. The number of methoxy groups -OCH3 is 2. The fourth-order valence-corrected chi connectivity index (χ4v) is 5.46. The molecule has 0 spiro atoms. The fourth-order valence-electron chi connectivity index (χ4n) is 3.31. The van der Waals surface area contributed by atoms with Crippen LogP contribution in [0, 0.1) is 0 Å². The van der Waals surface area contributed by atoms with Crippen molar-refractivity contribution in [1.82, 2.24) is 0 Å². The van der Waals surface area contributed by atoms with Gasteiger partial charge in [0, 0.05) is 28.5 Å². The van der Waals surface area contributed by atoms with Gasteiger partial charge in [0.1, 0.15) is 15.1 Å². The van der Waals surface area contributed by atoms with Crippen molar-refractivity contribution in [2.75, 3.05) is 24.9 Å². The van der Waals surface area contributed by atoms with Crippen molar-refractivity contribution in [3.05, 3.63) is 67.8 Å². The molecule has 33 heavy (non-hydrogen) atoms. The number of para-hydroxylation sites is 1. The zero-order valence-electron chi connectivity index (χ0n) is 18.6. The van der Waals surface area contributed by atoms with Gasteiger partial charge in [0.15, 0.2) is 11.5 Å². The molecule has 1 aromatic heterocycles. The van der Waals surface area contributed by atoms with Gasteiger partial charge in [-0.3, -0.25) is 4.99 Å². The predicted molar refractivity (Wildman–Crippen MR) is 144 cm³/mol. The maximum atomic E-state index is 6.54. The van der Waals surface area contributed by atoms with Crippen LogP contribution in [0.1, 0.15) is 30.3 Å². The van der Waals surface area contributed by atoms with Gasteiger partial charge in [-0.05, 0) is 26.0 Å². The molecule has 0 radical (unpaired) electrons. The van der Waals surface area contributed by atoms with Crippen LogP contribution in [0.15, 0.2) is 47.3 Å². The summed E-state index contributed by atoms with van der Waals surface area (Å²) in [7, 11) is 2.94. The molecule has 0 aliphatic heterocycles. The minimum Gasteiger partial charge on any atom is -0.493 e. The zero-order chi connectivity index (χ0) is 24.1. The molecular weight excluding hydrogens is 501 g/mol. The van der Waals surface area contributed by atoms with Crippen LogP contribution in [0.4, 0.5) is 17.1 Å². The molecule has 2 N–H and O–H groups in total. The molecule has 0 amide bonds. The Morgan fingerprint density at radius 2 is 1.67 bits per heavy atom. The molecule has 174 valence electrons. The smallest absolute Gasteiger partial charge is 0.162 e. The van der Waals surface area contributed by atoms with Crippen molar-refractivity contribution in [2.24, 2.45) is 4.99 Å². The number of nitrogens with zero attached hydrogens (tertiary/aromatic N) is 1. The van der Waals surface area contributed by atoms with Gasteiger partial charge in [-0.25, -0.2) is 0 Å². The number of aliphatic imine (C=N–C) groups is 1. The summed E-state index contributed by atoms with van der Waals surface area (Å²) in [6, 6.07) is 10.1. The van der Waals surface area contributed by atoms with Gasteiger partial charge in [-0.15, -0.1) is 11.3 Å². The Bertz CT molecular complexity index is 1150. The van der Waals surface area contributed by atoms with Crippen LogP contribution in [-0.2, 0) is 0 Å². The lowest BCUT2D eigenvalue weighted by atomic mass is 10.1. The quantitative estimate of drug-likeness (QED) is 0.275. The first kappa shape index (κ1) is 25.2. The van der Waals surface area contributed by atoms with Crippen molar-refractivity contribution in [1.29, 1.82) is 0 Å². The van der Waals surface area contributed by atoms with Crippen molar-refractivity contribution in [2.45, 2.75) is 19.9 Å². The Morgan fingerprint density at radius 1 is 1.06 bits per heavy atom. The number of ether oxygens (including phenoxy) is 2. The summed E-state index contributed by atoms with van der Waals surface area (Å²) in [6.45, 7) is 8.17. The highest BCUT2D eigenvalue weighted by atomic mass is 35.5. The highest BCUT2D eigenvalue weighted by Gasteiger charge is 2.25. The fraction of sp³-hybridized carbons (Fsp3) is 0.208. The second kappa shape index (κ2) is 11.2. The molecule has 1 unspecified atom stereocenters. The molecule has 2 aromatic carbocycles. The Kier molecular flexibility index (Phi) is 8.54. The number of hydrogen-bond acceptors (Lipinski definition) is 6. The van der Waals surface area contributed by atoms with E-state index < -0.39 is 0 Å². The van der Waals surface area contributed by atoms with Gasteiger partial charge in [0.25, 0.3) is 0 Å². The second-order valence-corrected chi connectivity index (χ2v) is 9.01. The average molecular weight is 525 g/mol. The van der Waals surface area contributed by atoms with Crippen LogP contribution in [0.5, 0.6) is 11.5 Å². The van der Waals surface area contributed by atoms with Crippen LogP contribution >= 0.6 is 46.1 Å². The number of benzene rings is 2. The first-order valence-electron chi connectivity index (χ1n) is 10.00. The molecule has 3 aromatic rings. The number of rotatable bonds is 9. The summed E-state index contributed by atoms with van der Waals surface area (Å²) >= 11 is 21.0. The standard InChI is InChI=1S/C24H24Cl3N3O2S/c1-6-28-20-16(12-33-24(20)14(3)29-15-10-8-7-9-11-15)13(2)30-21-17(25)22(31-4)19(27)23(32-5)18(21)26/h6-12,14,29-30H,2H2,1,3-5H3/b28-6-. The van der Waals surface area contributed by atoms with Crippen LogP contribution in [0.25, 0.3) is 5.70 Å². The van der Waals surface area contributed by atoms with Crippen LogP contribution < -0.4 is 20.1 Å². The predicted octanol–water partition coefficient (Wildman–Crippen LogP) is 8.70. The van der Waals surface area contributed by atoms with Gasteiger partial charge in [0.05, 0.1) is 36.5 Å². The van der Waals surface area contributed by atoms with Gasteiger partial charge in [-0.1, -0.05) is 59.6 Å². The minimum atomic E-state index is 0.0283. The lowest BCUT2D eigenvalue weighted by molar-refractivity contribution is 0.395. The van der Waals surface area contributed by atoms with E-state index in [-0.39, 0.29) is 32.6 Å². The molecule has 3 rings (SSSR count). The maximum absolute atomic E-state index is 6.54. The van der Waals surface area contributed by atoms with E-state index in [2.05, 4.69) is 29.1 Å². The van der Waals surface area contributed by atoms with Crippen molar-refractivity contribution >= 4 is 75.1 Å². The van der Waals surface area contributed by atoms with Gasteiger partial charge in [0.2, 0.25) is 0 Å². The second-order valence-electron chi connectivity index (χ2n) is 6.97. The van der Waals surface area contributed by atoms with E-state index in [0.29, 0.717) is 11.4 Å². The molecule has 0 saturated carbocycles. The van der Waals surface area contributed by atoms with Gasteiger partial charge < -0.3 is 20.1 Å². The normalized spacial score (nSPS) is 12.0. The molecule has 0 saturated heterocycles. The molecule has 9 heteroatoms. The van der Waals surface area contributed by atoms with E-state index in [0.717, 1.165) is 21.8 Å². The number of anilines is 2. The summed E-state index contributed by atoms with van der Waals surface area (Å²) in [5, 5.41) is 9.37. The van der Waals surface area contributed by atoms with E-state index in [4.69, 9.17) is 44.3 Å². The topological polar surface area (TPSA) is 54.9 Å². The van der Waals surface area contributed by atoms with Crippen LogP contribution in [0.2, 0.25) is 15.1 Å². The first-order chi connectivity index (χ1) is 15.8. The lowest BCUT2D eigenvalue weighted by Gasteiger charge is -2.19. The number of thiophene rings is 1. The third-order valence-electron chi connectivity index (χ3n) is 4.85. The molecule has 0 bridgehead atoms. The summed E-state index contributed by atoms with van der Waals surface area (Å²) in [6.07, 6.45) is 1.76. The highest BCUT2D eigenvalue weighted by Crippen LogP contribution is 2.51. The maximum Gasteiger partial charge on any atom is 0.162 e. The summed E-state index contributed by atoms with van der Waals surface area (Å²) in [5.74, 6) is 0.516. The summed E-state index contributed by atoms with van der Waals surface area (Å²) in [4.78, 5) is 5.69.